The van der Waals surface area contributed by atoms with Crippen LogP contribution in [-0.4, -0.2) is 48.2 Å². The summed E-state index contributed by atoms with van der Waals surface area (Å²) in [4.78, 5) is 15.5. The predicted octanol–water partition coefficient (Wildman–Crippen LogP) is 3.30. The van der Waals surface area contributed by atoms with Crippen molar-refractivity contribution < 1.29 is 9.53 Å². The van der Waals surface area contributed by atoms with Crippen LogP contribution >= 0.6 is 39.3 Å². The second-order valence-corrected chi connectivity index (χ2v) is 6.16. The average Bonchev–Trinajstić information content (AvgIpc) is 2.47. The van der Waals surface area contributed by atoms with Crippen molar-refractivity contribution in [2.24, 2.45) is 0 Å². The van der Waals surface area contributed by atoms with E-state index in [1.54, 1.807) is 17.8 Å². The maximum absolute atomic E-state index is 12.6. The van der Waals surface area contributed by atoms with Gasteiger partial charge in [0.15, 0.2) is 0 Å². The molecule has 104 valence electrons. The Morgan fingerprint density at radius 2 is 2.42 bits per heavy atom. The van der Waals surface area contributed by atoms with E-state index in [4.69, 9.17) is 16.3 Å². The average molecular weight is 365 g/mol. The number of hydrogen-bond acceptors (Lipinski definition) is 3. The third-order valence-electron chi connectivity index (χ3n) is 3.07. The molecule has 0 saturated carbocycles. The van der Waals surface area contributed by atoms with Gasteiger partial charge in [-0.3, -0.25) is 4.79 Å². The number of benzene rings is 1. The van der Waals surface area contributed by atoms with Gasteiger partial charge in [0.2, 0.25) is 0 Å². The summed E-state index contributed by atoms with van der Waals surface area (Å²) in [6, 6.07) is 5.63. The zero-order chi connectivity index (χ0) is 13.8. The maximum atomic E-state index is 12.6. The first-order valence-electron chi connectivity index (χ1n) is 5.95. The van der Waals surface area contributed by atoms with Crippen molar-refractivity contribution in [3.05, 3.63) is 28.8 Å². The molecule has 1 fully saturated rings. The lowest BCUT2D eigenvalue weighted by molar-refractivity contribution is 0.00524. The topological polar surface area (TPSA) is 29.5 Å². The molecular weight excluding hydrogens is 350 g/mol. The summed E-state index contributed by atoms with van der Waals surface area (Å²) < 4.78 is 5.40. The molecule has 3 nitrogen and oxygen atoms in total. The summed E-state index contributed by atoms with van der Waals surface area (Å²) in [5.74, 6) is -0.0198. The minimum absolute atomic E-state index is 0.0198. The van der Waals surface area contributed by atoms with Gasteiger partial charge in [-0.25, -0.2) is 0 Å². The molecule has 0 aliphatic carbocycles. The molecule has 6 heteroatoms. The highest BCUT2D eigenvalue weighted by atomic mass is 79.9. The number of alkyl halides is 1. The molecule has 0 N–H and O–H groups in total. The largest absolute Gasteiger partial charge is 0.377 e. The number of carbonyl (C=O) groups is 1. The van der Waals surface area contributed by atoms with Crippen molar-refractivity contribution in [2.75, 3.05) is 31.3 Å². The lowest BCUT2D eigenvalue weighted by Gasteiger charge is -2.34. The Morgan fingerprint density at radius 1 is 1.63 bits per heavy atom. The molecular formula is C13H15BrClNO2S. The molecule has 1 aromatic carbocycles. The van der Waals surface area contributed by atoms with Crippen LogP contribution < -0.4 is 0 Å². The first-order valence-corrected chi connectivity index (χ1v) is 8.68. The molecule has 0 bridgehead atoms. The van der Waals surface area contributed by atoms with Gasteiger partial charge in [-0.2, -0.15) is 0 Å². The van der Waals surface area contributed by atoms with Gasteiger partial charge in [0.25, 0.3) is 5.91 Å². The van der Waals surface area contributed by atoms with E-state index >= 15 is 0 Å². The second-order valence-electron chi connectivity index (χ2n) is 4.23. The van der Waals surface area contributed by atoms with Crippen molar-refractivity contribution >= 4 is 45.2 Å². The number of nitrogens with zero attached hydrogens (tertiary/aromatic N) is 1. The number of amides is 1. The van der Waals surface area contributed by atoms with Crippen molar-refractivity contribution in [3.8, 4) is 0 Å². The quantitative estimate of drug-likeness (QED) is 0.609. The fourth-order valence-electron chi connectivity index (χ4n) is 2.00. The molecule has 0 spiro atoms. The first kappa shape index (κ1) is 15.2. The third-order valence-corrected chi connectivity index (χ3v) is 4.87. The minimum Gasteiger partial charge on any atom is -0.377 e. The number of hydrogen-bond donors (Lipinski definition) is 0. The first-order chi connectivity index (χ1) is 9.17. The smallest absolute Gasteiger partial charge is 0.255 e. The highest BCUT2D eigenvalue weighted by molar-refractivity contribution is 9.09. The summed E-state index contributed by atoms with van der Waals surface area (Å²) in [6.07, 6.45) is 1.98. The van der Waals surface area contributed by atoms with Gasteiger partial charge in [-0.1, -0.05) is 27.5 Å². The Bertz CT molecular complexity index is 472. The molecule has 0 aromatic heterocycles. The van der Waals surface area contributed by atoms with Crippen LogP contribution in [0.5, 0.6) is 0 Å². The van der Waals surface area contributed by atoms with Crippen LogP contribution in [-0.2, 0) is 4.74 Å². The Hall–Kier alpha value is -0.230. The van der Waals surface area contributed by atoms with E-state index in [0.717, 1.165) is 4.90 Å². The van der Waals surface area contributed by atoms with Crippen LogP contribution in [0.2, 0.25) is 5.02 Å². The van der Waals surface area contributed by atoms with Crippen molar-refractivity contribution in [3.63, 3.8) is 0 Å². The molecule has 1 atom stereocenters. The molecule has 1 heterocycles. The Morgan fingerprint density at radius 3 is 3.11 bits per heavy atom. The summed E-state index contributed by atoms with van der Waals surface area (Å²) in [5, 5.41) is 1.21. The monoisotopic (exact) mass is 363 g/mol. The summed E-state index contributed by atoms with van der Waals surface area (Å²) in [6.45, 7) is 1.75. The predicted molar refractivity (Wildman–Crippen MR) is 82.7 cm³/mol. The summed E-state index contributed by atoms with van der Waals surface area (Å²) in [5.41, 5.74) is 0.571. The summed E-state index contributed by atoms with van der Waals surface area (Å²) >= 11 is 11.2. The van der Waals surface area contributed by atoms with E-state index < -0.39 is 0 Å². The lowest BCUT2D eigenvalue weighted by atomic mass is 10.1. The number of halogens is 2. The van der Waals surface area contributed by atoms with Gasteiger partial charge < -0.3 is 9.64 Å². The van der Waals surface area contributed by atoms with Crippen molar-refractivity contribution in [2.45, 2.75) is 10.9 Å². The van der Waals surface area contributed by atoms with Crippen molar-refractivity contribution in [1.29, 1.82) is 0 Å². The van der Waals surface area contributed by atoms with E-state index in [1.807, 2.05) is 23.3 Å². The van der Waals surface area contributed by atoms with Crippen molar-refractivity contribution in [1.82, 2.24) is 4.90 Å². The highest BCUT2D eigenvalue weighted by Gasteiger charge is 2.28. The summed E-state index contributed by atoms with van der Waals surface area (Å²) in [7, 11) is 0. The van der Waals surface area contributed by atoms with E-state index in [0.29, 0.717) is 35.7 Å². The van der Waals surface area contributed by atoms with Gasteiger partial charge in [0.1, 0.15) is 0 Å². The lowest BCUT2D eigenvalue weighted by Crippen LogP contribution is -2.49. The Balaban J connectivity index is 2.27. The molecule has 1 saturated heterocycles. The normalized spacial score (nSPS) is 19.5. The van der Waals surface area contributed by atoms with Gasteiger partial charge in [-0.05, 0) is 24.5 Å². The standard InChI is InChI=1S/C13H15BrClNO2S/c1-19-10-2-3-12(15)11(6-10)13(17)16-4-5-18-8-9(16)7-14/h2-3,6,9H,4-5,7-8H2,1H3. The minimum atomic E-state index is -0.0198. The van der Waals surface area contributed by atoms with Crippen LogP contribution in [0.25, 0.3) is 0 Å². The van der Waals surface area contributed by atoms with E-state index in [-0.39, 0.29) is 11.9 Å². The van der Waals surface area contributed by atoms with Gasteiger partial charge in [0.05, 0.1) is 29.8 Å². The number of carbonyl (C=O) groups excluding carboxylic acids is 1. The molecule has 0 radical (unpaired) electrons. The van der Waals surface area contributed by atoms with Crippen LogP contribution in [0.15, 0.2) is 23.1 Å². The molecule has 1 unspecified atom stereocenters. The number of thioether (sulfide) groups is 1. The van der Waals surface area contributed by atoms with E-state index in [1.165, 1.54) is 0 Å². The van der Waals surface area contributed by atoms with E-state index in [2.05, 4.69) is 15.9 Å². The fraction of sp³-hybridized carbons (Fsp3) is 0.462. The Labute approximate surface area is 130 Å². The molecule has 1 amide bonds. The van der Waals surface area contributed by atoms with Gasteiger partial charge in [0, 0.05) is 16.8 Å². The Kier molecular flexibility index (Phi) is 5.57. The second kappa shape index (κ2) is 6.97. The number of rotatable bonds is 3. The molecule has 1 aliphatic heterocycles. The molecule has 2 rings (SSSR count). The van der Waals surface area contributed by atoms with Gasteiger partial charge >= 0.3 is 0 Å². The number of morpholine rings is 1. The van der Waals surface area contributed by atoms with Crippen LogP contribution in [0.4, 0.5) is 0 Å². The van der Waals surface area contributed by atoms with Crippen LogP contribution in [0.3, 0.4) is 0 Å². The fourth-order valence-corrected chi connectivity index (χ4v) is 3.17. The zero-order valence-electron chi connectivity index (χ0n) is 10.6. The van der Waals surface area contributed by atoms with Gasteiger partial charge in [-0.15, -0.1) is 11.8 Å². The number of ether oxygens (including phenoxy) is 1. The third kappa shape index (κ3) is 3.45. The molecule has 1 aliphatic rings. The van der Waals surface area contributed by atoms with E-state index in [9.17, 15) is 4.79 Å². The molecule has 1 aromatic rings. The van der Waals surface area contributed by atoms with Crippen LogP contribution in [0, 0.1) is 0 Å². The molecule has 19 heavy (non-hydrogen) atoms. The van der Waals surface area contributed by atoms with Crippen LogP contribution in [0.1, 0.15) is 10.4 Å². The zero-order valence-corrected chi connectivity index (χ0v) is 13.7. The highest BCUT2D eigenvalue weighted by Crippen LogP contribution is 2.25. The SMILES string of the molecule is CSc1ccc(Cl)c(C(=O)N2CCOCC2CBr)c1. The maximum Gasteiger partial charge on any atom is 0.255 e.